The Morgan fingerprint density at radius 3 is 1.57 bits per heavy atom. The van der Waals surface area contributed by atoms with Crippen molar-refractivity contribution in [3.05, 3.63) is 90.6 Å². The Balaban J connectivity index is 0.000000214. The normalized spacial score (nSPS) is 19.4. The zero-order valence-electron chi connectivity index (χ0n) is 44.5. The molecule has 0 aliphatic heterocycles. The lowest BCUT2D eigenvalue weighted by Gasteiger charge is -2.20. The Hall–Kier alpha value is -4.23. The van der Waals surface area contributed by atoms with Crippen LogP contribution in [0.2, 0.25) is 61.4 Å². The number of aromatic nitrogens is 8. The number of carbonyl (C=O) groups excluding carboxylic acids is 1. The van der Waals surface area contributed by atoms with Crippen molar-refractivity contribution < 1.29 is 44.6 Å². The van der Waals surface area contributed by atoms with Crippen molar-refractivity contribution in [3.63, 3.8) is 0 Å². The average Bonchev–Trinajstić information content (AvgIpc) is 4.14. The average molecular weight is 1270 g/mol. The summed E-state index contributed by atoms with van der Waals surface area (Å²) in [5.74, 6) is -0.876. The molecule has 2 aliphatic carbocycles. The summed E-state index contributed by atoms with van der Waals surface area (Å²) in [6.07, 6.45) is 1.24. The van der Waals surface area contributed by atoms with E-state index in [0.717, 1.165) is 38.2 Å². The van der Waals surface area contributed by atoms with Gasteiger partial charge in [-0.1, -0.05) is 94.3 Å². The zero-order valence-corrected chi connectivity index (χ0v) is 51.2. The van der Waals surface area contributed by atoms with Crippen LogP contribution in [0.3, 0.4) is 0 Å². The number of aliphatic hydroxyl groups excluding tert-OH is 4. The second kappa shape index (κ2) is 27.8. The van der Waals surface area contributed by atoms with Gasteiger partial charge in [0.2, 0.25) is 0 Å². The third-order valence-electron chi connectivity index (χ3n) is 12.8. The zero-order chi connectivity index (χ0) is 56.4. The topological polar surface area (TPSA) is 280 Å². The Labute approximate surface area is 476 Å². The highest BCUT2D eigenvalue weighted by Gasteiger charge is 2.36. The number of carboxylic acid groups (broad SMARTS) is 1. The minimum Gasteiger partial charge on any atom is -0.476 e. The van der Waals surface area contributed by atoms with Crippen molar-refractivity contribution in [1.29, 1.82) is 0 Å². The monoisotopic (exact) mass is 1270 g/mol. The Morgan fingerprint density at radius 1 is 0.701 bits per heavy atom. The number of carbonyl (C=O) groups is 2. The molecule has 27 heteroatoms. The van der Waals surface area contributed by atoms with Crippen LogP contribution < -0.4 is 16.0 Å². The lowest BCUT2D eigenvalue weighted by Crippen LogP contribution is -2.34. The van der Waals surface area contributed by atoms with Gasteiger partial charge in [-0.2, -0.15) is 10.2 Å². The minimum atomic E-state index is -1.27. The van der Waals surface area contributed by atoms with Gasteiger partial charge in [0.15, 0.2) is 22.7 Å². The molecule has 2 fully saturated rings. The Morgan fingerprint density at radius 2 is 1.14 bits per heavy atom. The summed E-state index contributed by atoms with van der Waals surface area (Å²) in [6, 6.07) is 12.3. The predicted octanol–water partition coefficient (Wildman–Crippen LogP) is 8.08. The molecule has 21 nitrogen and oxygen atoms in total. The highest BCUT2D eigenvalue weighted by molar-refractivity contribution is 9.10. The van der Waals surface area contributed by atoms with Crippen LogP contribution in [0.5, 0.6) is 0 Å². The van der Waals surface area contributed by atoms with Gasteiger partial charge in [-0.3, -0.25) is 4.79 Å². The maximum absolute atomic E-state index is 13.7. The van der Waals surface area contributed by atoms with Crippen molar-refractivity contribution in [2.75, 3.05) is 37.9 Å². The van der Waals surface area contributed by atoms with Crippen LogP contribution in [-0.4, -0.2) is 162 Å². The molecule has 0 bridgehead atoms. The first-order valence-corrected chi connectivity index (χ1v) is 35.0. The van der Waals surface area contributed by atoms with Gasteiger partial charge in [-0.15, -0.1) is 0 Å². The van der Waals surface area contributed by atoms with Crippen molar-refractivity contribution in [2.24, 2.45) is 0 Å². The van der Waals surface area contributed by atoms with Crippen LogP contribution in [0.25, 0.3) is 22.1 Å². The van der Waals surface area contributed by atoms with E-state index in [0.29, 0.717) is 73.0 Å². The number of anilines is 2. The number of aliphatic hydroxyl groups is 4. The van der Waals surface area contributed by atoms with Gasteiger partial charge >= 0.3 is 5.97 Å². The largest absolute Gasteiger partial charge is 0.476 e. The number of rotatable bonds is 20. The van der Waals surface area contributed by atoms with Gasteiger partial charge in [0, 0.05) is 68.5 Å². The molecule has 77 heavy (non-hydrogen) atoms. The summed E-state index contributed by atoms with van der Waals surface area (Å²) >= 11 is 18.9. The number of amides is 1. The first kappa shape index (κ1) is 62.0. The van der Waals surface area contributed by atoms with Crippen LogP contribution in [0.15, 0.2) is 58.0 Å². The molecular weight excluding hydrogens is 1200 g/mol. The van der Waals surface area contributed by atoms with E-state index in [1.165, 1.54) is 22.9 Å². The number of nitrogens with one attached hydrogen (secondary N) is 3. The van der Waals surface area contributed by atoms with Gasteiger partial charge in [0.05, 0.1) is 47.3 Å². The molecule has 2 aromatic carbocycles. The standard InChI is InChI=1S/C25H34BrClN6O4Si.C17H27N5O5Si.C8H9BrClN/c1-32(12-15-11-16(27)5-6-17(15)26)25(36)21-20-23(30-18-7-8-19(34)22(18)35)28-13-29-24(20)33(31-21)14-37-9-10-38(2,3)4;1-28(2,3)7-6-27-9-22-16-12(13(21-22)17(25)26)15(18-8-19-16)20-10-4-5-11(23)14(10)24;1-11-5-6-4-7(10)2-3-8(6)9/h5-6,11,13,18-19,22,34-35H,7-10,12,14H2,1-4H3,(H,28,29,30);8,10-11,14,23-24H,4-7,9H2,1-3H3,(H,25,26)(H,18,19,20);2-4,11H,5H2,1H3/t18-,19-,22+;10-,11-,14+;/m11./s1. The number of ether oxygens (including phenoxy) is 2. The number of hydrogen-bond donors (Lipinski definition) is 8. The summed E-state index contributed by atoms with van der Waals surface area (Å²) in [4.78, 5) is 44.1. The van der Waals surface area contributed by atoms with E-state index in [-0.39, 0.29) is 42.0 Å². The smallest absolute Gasteiger partial charge is 0.357 e. The van der Waals surface area contributed by atoms with Crippen LogP contribution >= 0.6 is 55.1 Å². The van der Waals surface area contributed by atoms with Crippen LogP contribution in [-0.2, 0) is 36.0 Å². The molecule has 8 rings (SSSR count). The van der Waals surface area contributed by atoms with Gasteiger partial charge in [-0.05, 0) is 92.3 Å². The predicted molar refractivity (Wildman–Crippen MR) is 310 cm³/mol. The molecule has 0 saturated heterocycles. The second-order valence-electron chi connectivity index (χ2n) is 21.5. The SMILES string of the molecule is CN(Cc1cc(Cl)ccc1Br)C(=O)c1nn(COCC[Si](C)(C)C)c2ncnc(N[C@@H]3CC[C@@H](O)[C@H]3O)c12.CNCc1cc(Cl)ccc1Br.C[Si](C)(C)CCOCn1nc(C(=O)O)c2c(N[C@@H]3CC[C@@H](O)[C@H]3O)ncnc21. The molecule has 0 radical (unpaired) electrons. The van der Waals surface area contributed by atoms with E-state index in [9.17, 15) is 35.1 Å². The molecule has 6 aromatic rings. The summed E-state index contributed by atoms with van der Waals surface area (Å²) in [6.45, 7) is 16.1. The lowest BCUT2D eigenvalue weighted by molar-refractivity contribution is 0.0392. The molecule has 4 aromatic heterocycles. The number of benzene rings is 2. The molecule has 420 valence electrons. The van der Waals surface area contributed by atoms with Crippen molar-refractivity contribution in [3.8, 4) is 0 Å². The number of carboxylic acids is 1. The third kappa shape index (κ3) is 17.1. The van der Waals surface area contributed by atoms with Crippen molar-refractivity contribution in [2.45, 2.75) is 140 Å². The lowest BCUT2D eigenvalue weighted by atomic mass is 10.1. The number of hydrogen-bond acceptors (Lipinski definition) is 17. The van der Waals surface area contributed by atoms with Gasteiger partial charge < -0.3 is 55.9 Å². The maximum Gasteiger partial charge on any atom is 0.357 e. The quantitative estimate of drug-likeness (QED) is 0.0265. The summed E-state index contributed by atoms with van der Waals surface area (Å²) in [5.41, 5.74) is 2.81. The van der Waals surface area contributed by atoms with E-state index >= 15 is 0 Å². The van der Waals surface area contributed by atoms with Gasteiger partial charge in [-0.25, -0.2) is 34.1 Å². The molecule has 8 N–H and O–H groups in total. The number of halogens is 4. The molecule has 0 unspecified atom stereocenters. The fourth-order valence-electron chi connectivity index (χ4n) is 8.40. The van der Waals surface area contributed by atoms with Crippen molar-refractivity contribution >= 4 is 117 Å². The highest BCUT2D eigenvalue weighted by Crippen LogP contribution is 2.32. The maximum atomic E-state index is 13.7. The molecule has 0 spiro atoms. The molecule has 2 saturated carbocycles. The molecule has 2 aliphatic rings. The number of fused-ring (bicyclic) bond motifs is 2. The van der Waals surface area contributed by atoms with Gasteiger partial charge in [0.25, 0.3) is 5.91 Å². The van der Waals surface area contributed by atoms with E-state index in [2.05, 4.69) is 117 Å². The number of aromatic carboxylic acids is 1. The molecular formula is C50H70Br2Cl2N12O9Si2. The van der Waals surface area contributed by atoms with Gasteiger partial charge in [0.1, 0.15) is 37.8 Å². The van der Waals surface area contributed by atoms with Crippen LogP contribution in [0.4, 0.5) is 11.6 Å². The summed E-state index contributed by atoms with van der Waals surface area (Å²) < 4.78 is 16.5. The molecule has 1 amide bonds. The van der Waals surface area contributed by atoms with Crippen LogP contribution in [0, 0.1) is 0 Å². The van der Waals surface area contributed by atoms with E-state index in [4.69, 9.17) is 32.7 Å². The third-order valence-corrected chi connectivity index (χ3v) is 18.3. The first-order valence-electron chi connectivity index (χ1n) is 25.2. The Bertz CT molecular complexity index is 2970. The first-order chi connectivity index (χ1) is 36.3. The minimum absolute atomic E-state index is 0.0927. The summed E-state index contributed by atoms with van der Waals surface area (Å²) in [7, 11) is 1.10. The van der Waals surface area contributed by atoms with Crippen LogP contribution in [0.1, 0.15) is 57.8 Å². The van der Waals surface area contributed by atoms with Crippen molar-refractivity contribution in [1.82, 2.24) is 49.7 Å². The summed E-state index contributed by atoms with van der Waals surface area (Å²) in [5, 5.41) is 69.9. The van der Waals surface area contributed by atoms with E-state index in [1.807, 2.05) is 31.3 Å². The van der Waals surface area contributed by atoms with E-state index in [1.54, 1.807) is 28.8 Å². The fourth-order valence-corrected chi connectivity index (χ4v) is 11.1. The Kier molecular flexibility index (Phi) is 22.4. The highest BCUT2D eigenvalue weighted by atomic mass is 79.9. The number of nitrogens with zero attached hydrogens (tertiary/aromatic N) is 9. The second-order valence-corrected chi connectivity index (χ2v) is 35.3. The fraction of sp³-hybridized carbons (Fsp3) is 0.520. The molecule has 4 heterocycles. The van der Waals surface area contributed by atoms with E-state index < -0.39 is 58.6 Å². The molecule has 6 atom stereocenters.